The molecule has 0 aliphatic rings. The number of rotatable bonds is 10. The summed E-state index contributed by atoms with van der Waals surface area (Å²) in [5, 5.41) is 6.57. The molecule has 9 heteroatoms. The van der Waals surface area contributed by atoms with Crippen LogP contribution in [-0.2, 0) is 23.4 Å². The molecule has 47 heavy (non-hydrogen) atoms. The Bertz CT molecular complexity index is 1470. The van der Waals surface area contributed by atoms with Crippen LogP contribution in [0.4, 0.5) is 0 Å². The van der Waals surface area contributed by atoms with Crippen molar-refractivity contribution in [2.45, 2.75) is 0 Å². The molecule has 0 unspecified atom stereocenters. The van der Waals surface area contributed by atoms with E-state index in [4.69, 9.17) is 0 Å². The molecule has 2 nitrogen and oxygen atoms in total. The van der Waals surface area contributed by atoms with Gasteiger partial charge in [0.25, 0.3) is 0 Å². The van der Waals surface area contributed by atoms with Gasteiger partial charge < -0.3 is 0 Å². The Balaban J connectivity index is 0.00000192. The van der Waals surface area contributed by atoms with E-state index in [1.165, 1.54) is 9.76 Å². The van der Waals surface area contributed by atoms with Gasteiger partial charge in [0.1, 0.15) is 0 Å². The van der Waals surface area contributed by atoms with Gasteiger partial charge >= 0.3 is 258 Å². The average molecular weight is 832 g/mol. The summed E-state index contributed by atoms with van der Waals surface area (Å²) < 4.78 is 0. The van der Waals surface area contributed by atoms with E-state index in [-0.39, 0.29) is 49.6 Å². The van der Waals surface area contributed by atoms with Crippen LogP contribution < -0.4 is 31.8 Å². The van der Waals surface area contributed by atoms with Gasteiger partial charge in [-0.25, -0.2) is 0 Å². The third-order valence-corrected chi connectivity index (χ3v) is 51.2. The predicted octanol–water partition coefficient (Wildman–Crippen LogP) is 7.49. The van der Waals surface area contributed by atoms with Gasteiger partial charge in [0.15, 0.2) is 0 Å². The van der Waals surface area contributed by atoms with Crippen LogP contribution in [-0.4, -0.2) is 9.76 Å². The van der Waals surface area contributed by atoms with Crippen molar-refractivity contribution in [1.82, 2.24) is 0 Å². The van der Waals surface area contributed by atoms with Crippen molar-refractivity contribution in [3.63, 3.8) is 0 Å². The Morgan fingerprint density at radius 1 is 0.298 bits per heavy atom. The minimum atomic E-state index is -4.36. The molecular weight excluding hydrogens is 793 g/mol. The quantitative estimate of drug-likeness (QED) is 0.0816. The van der Waals surface area contributed by atoms with Gasteiger partial charge in [0.05, 0.1) is 0 Å². The second-order valence-corrected chi connectivity index (χ2v) is 37.0. The first-order valence-electron chi connectivity index (χ1n) is 14.2. The van der Waals surface area contributed by atoms with Crippen LogP contribution >= 0.6 is 60.8 Å². The molecule has 0 atom stereocenters. The van der Waals surface area contributed by atoms with Crippen molar-refractivity contribution in [3.8, 4) is 0 Å². The summed E-state index contributed by atoms with van der Waals surface area (Å²) >= 11 is -4.36. The summed E-state index contributed by atoms with van der Waals surface area (Å²) in [7, 11) is 0. The van der Waals surface area contributed by atoms with Crippen LogP contribution in [0.5, 0.6) is 0 Å². The van der Waals surface area contributed by atoms with Gasteiger partial charge in [-0.1, -0.05) is 0 Å². The Morgan fingerprint density at radius 3 is 0.574 bits per heavy atom. The number of hydrogen-bond donors (Lipinski definition) is 0. The van der Waals surface area contributed by atoms with Crippen LogP contribution in [0, 0.1) is 0 Å². The number of halogens is 4. The second-order valence-electron chi connectivity index (χ2n) is 10.3. The van der Waals surface area contributed by atoms with E-state index in [2.05, 4.69) is 146 Å². The number of carbonyl (C=O) groups excluding carboxylic acids is 2. The fraction of sp³-hybridized carbons (Fsp3) is 0. The molecule has 0 amide bonds. The topological polar surface area (TPSA) is 34.1 Å². The third kappa shape index (κ3) is 6.66. The molecule has 0 saturated heterocycles. The first-order chi connectivity index (χ1) is 21.3. The molecule has 0 fully saturated rings. The molecule has 0 radical (unpaired) electrons. The van der Waals surface area contributed by atoms with E-state index in [1.807, 2.05) is 36.4 Å². The maximum absolute atomic E-state index is 14.7. The fourth-order valence-corrected chi connectivity index (χ4v) is 60.1. The fourth-order valence-electron chi connectivity index (χ4n) is 6.46. The Labute approximate surface area is 305 Å². The minimum absolute atomic E-state index is 0. The summed E-state index contributed by atoms with van der Waals surface area (Å²) in [5.74, 6) is 0. The zero-order valence-corrected chi connectivity index (χ0v) is 32.3. The van der Waals surface area contributed by atoms with Gasteiger partial charge in [-0.05, 0) is 0 Å². The maximum atomic E-state index is 14.7. The SMILES string of the molecule is Cl.Cl.Cl.Cl.O=[CH][Ru]([CH]=O)([PH](c1ccccc1)(c1ccccc1)c1ccccc1)[PH](c1ccccc1)(c1ccccc1)c1ccccc1. The summed E-state index contributed by atoms with van der Waals surface area (Å²) in [6.45, 7) is 0. The monoisotopic (exact) mass is 830 g/mol. The van der Waals surface area contributed by atoms with Gasteiger partial charge in [0.2, 0.25) is 0 Å². The molecule has 6 aromatic rings. The van der Waals surface area contributed by atoms with E-state index in [1.54, 1.807) is 0 Å². The molecule has 0 saturated carbocycles. The van der Waals surface area contributed by atoms with Gasteiger partial charge in [-0.3, -0.25) is 0 Å². The molecule has 0 aliphatic carbocycles. The Hall–Kier alpha value is -2.70. The van der Waals surface area contributed by atoms with Crippen molar-refractivity contribution in [1.29, 1.82) is 0 Å². The molecule has 248 valence electrons. The number of hydrogen-bond acceptors (Lipinski definition) is 2. The van der Waals surface area contributed by atoms with Crippen molar-refractivity contribution in [3.05, 3.63) is 182 Å². The first kappa shape index (κ1) is 40.5. The summed E-state index contributed by atoms with van der Waals surface area (Å²) in [6.07, 6.45) is 0. The van der Waals surface area contributed by atoms with E-state index < -0.39 is 25.0 Å². The predicted molar refractivity (Wildman–Crippen MR) is 216 cm³/mol. The molecule has 0 spiro atoms. The van der Waals surface area contributed by atoms with Crippen LogP contribution in [0.1, 0.15) is 0 Å². The van der Waals surface area contributed by atoms with Crippen LogP contribution in [0.2, 0.25) is 0 Å². The zero-order chi connectivity index (χ0) is 29.6. The normalized spacial score (nSPS) is 11.9. The Kier molecular flexibility index (Phi) is 15.7. The summed E-state index contributed by atoms with van der Waals surface area (Å²) in [6, 6.07) is 62.7. The number of carbonyl (C=O) groups is 2. The van der Waals surface area contributed by atoms with E-state index in [9.17, 15) is 9.59 Å². The van der Waals surface area contributed by atoms with Crippen molar-refractivity contribution >= 4 is 102 Å². The third-order valence-electron chi connectivity index (χ3n) is 8.13. The molecule has 6 rings (SSSR count). The molecule has 0 N–H and O–H groups in total. The molecule has 0 heterocycles. The summed E-state index contributed by atoms with van der Waals surface area (Å²) in [4.78, 5) is 31.8. The average Bonchev–Trinajstić information content (AvgIpc) is 3.11. The van der Waals surface area contributed by atoms with Gasteiger partial charge in [0, 0.05) is 0 Å². The molecule has 0 bridgehead atoms. The van der Waals surface area contributed by atoms with E-state index in [0.29, 0.717) is 0 Å². The second kappa shape index (κ2) is 18.2. The molecular formula is C38H38Cl4O2P2Ru. The number of benzene rings is 6. The van der Waals surface area contributed by atoms with E-state index in [0.717, 1.165) is 31.8 Å². The molecule has 0 aliphatic heterocycles. The van der Waals surface area contributed by atoms with E-state index >= 15 is 0 Å². The zero-order valence-electron chi connectivity index (χ0n) is 25.3. The molecule has 6 aromatic carbocycles. The first-order valence-corrected chi connectivity index (χ1v) is 25.1. The molecule has 0 aromatic heterocycles. The van der Waals surface area contributed by atoms with Crippen molar-refractivity contribution < 1.29 is 23.4 Å². The summed E-state index contributed by atoms with van der Waals surface area (Å²) in [5.41, 5.74) is -6.78. The van der Waals surface area contributed by atoms with Crippen LogP contribution in [0.25, 0.3) is 0 Å². The van der Waals surface area contributed by atoms with Crippen LogP contribution in [0.3, 0.4) is 0 Å². The standard InChI is InChI=1S/2C18H15P.2CHO.4ClH.Ru/c2*1-4-10-16(11-5-1)19(17-12-6-2-7-13-17)18-14-8-3-9-15-18;2*1-2;;;;;/h2*1-15H;2*1H;4*1H;/q;;;;;;;;-2/p+2. The van der Waals surface area contributed by atoms with Gasteiger partial charge in [-0.15, -0.1) is 49.6 Å². The van der Waals surface area contributed by atoms with Crippen molar-refractivity contribution in [2.24, 2.45) is 0 Å². The Morgan fingerprint density at radius 2 is 0.447 bits per heavy atom. The van der Waals surface area contributed by atoms with Crippen molar-refractivity contribution in [2.75, 3.05) is 0 Å². The van der Waals surface area contributed by atoms with Gasteiger partial charge in [-0.2, -0.15) is 0 Å². The van der Waals surface area contributed by atoms with Crippen LogP contribution in [0.15, 0.2) is 182 Å².